The monoisotopic (exact) mass is 303 g/mol. The maximum atomic E-state index is 12.5. The largest absolute Gasteiger partial charge is 0.342 e. The summed E-state index contributed by atoms with van der Waals surface area (Å²) in [4.78, 5) is 27.8. The van der Waals surface area contributed by atoms with Crippen molar-refractivity contribution in [3.05, 3.63) is 0 Å². The van der Waals surface area contributed by atoms with E-state index < -0.39 is 0 Å². The number of carbonyl (C=O) groups excluding carboxylic acids is 2. The molecule has 0 aromatic heterocycles. The van der Waals surface area contributed by atoms with Crippen molar-refractivity contribution in [1.82, 2.24) is 15.1 Å². The molecule has 2 aliphatic rings. The normalized spacial score (nSPS) is 26.9. The molecule has 1 N–H and O–H groups in total. The van der Waals surface area contributed by atoms with Gasteiger partial charge in [-0.25, -0.2) is 0 Å². The first-order chi connectivity index (χ1) is 9.11. The van der Waals surface area contributed by atoms with Crippen LogP contribution in [0.25, 0.3) is 0 Å². The van der Waals surface area contributed by atoms with E-state index in [1.54, 1.807) is 6.92 Å². The van der Waals surface area contributed by atoms with Crippen molar-refractivity contribution in [2.75, 3.05) is 33.2 Å². The predicted octanol–water partition coefficient (Wildman–Crippen LogP) is 0.877. The highest BCUT2D eigenvalue weighted by Gasteiger charge is 2.32. The van der Waals surface area contributed by atoms with Gasteiger partial charge in [-0.1, -0.05) is 0 Å². The molecule has 2 amide bonds. The van der Waals surface area contributed by atoms with Crippen LogP contribution in [0.1, 0.15) is 32.6 Å². The van der Waals surface area contributed by atoms with Crippen molar-refractivity contribution in [3.8, 4) is 0 Å². The number of halogens is 1. The summed E-state index contributed by atoms with van der Waals surface area (Å²) in [6.07, 6.45) is 4.08. The highest BCUT2D eigenvalue weighted by molar-refractivity contribution is 5.85. The molecule has 2 saturated heterocycles. The maximum absolute atomic E-state index is 12.5. The third kappa shape index (κ3) is 4.09. The molecule has 0 bridgehead atoms. The van der Waals surface area contributed by atoms with Crippen LogP contribution in [-0.4, -0.2) is 60.9 Å². The Hall–Kier alpha value is -0.810. The molecular formula is C14H26ClN3O2. The molecule has 0 saturated carbocycles. The van der Waals surface area contributed by atoms with Crippen LogP contribution in [0, 0.1) is 5.92 Å². The summed E-state index contributed by atoms with van der Waals surface area (Å²) < 4.78 is 0. The van der Waals surface area contributed by atoms with Crippen LogP contribution in [0.2, 0.25) is 0 Å². The van der Waals surface area contributed by atoms with Crippen molar-refractivity contribution < 1.29 is 9.59 Å². The lowest BCUT2D eigenvalue weighted by Crippen LogP contribution is -2.51. The molecular weight excluding hydrogens is 278 g/mol. The summed E-state index contributed by atoms with van der Waals surface area (Å²) in [6.45, 7) is 4.68. The van der Waals surface area contributed by atoms with Crippen LogP contribution in [0.3, 0.4) is 0 Å². The summed E-state index contributed by atoms with van der Waals surface area (Å²) in [5, 5.41) is 3.26. The van der Waals surface area contributed by atoms with Gasteiger partial charge < -0.3 is 15.1 Å². The fourth-order valence-corrected chi connectivity index (χ4v) is 3.14. The predicted molar refractivity (Wildman–Crippen MR) is 80.9 cm³/mol. The first-order valence-electron chi connectivity index (χ1n) is 7.33. The molecule has 2 aliphatic heterocycles. The number of hydrogen-bond donors (Lipinski definition) is 1. The Morgan fingerprint density at radius 3 is 2.35 bits per heavy atom. The Kier molecular flexibility index (Phi) is 6.76. The van der Waals surface area contributed by atoms with Gasteiger partial charge in [0.2, 0.25) is 11.8 Å². The zero-order valence-electron chi connectivity index (χ0n) is 12.4. The zero-order valence-corrected chi connectivity index (χ0v) is 13.2. The summed E-state index contributed by atoms with van der Waals surface area (Å²) in [5.41, 5.74) is 0. The van der Waals surface area contributed by atoms with Crippen molar-refractivity contribution in [2.24, 2.45) is 5.92 Å². The van der Waals surface area contributed by atoms with Crippen molar-refractivity contribution in [3.63, 3.8) is 0 Å². The first-order valence-corrected chi connectivity index (χ1v) is 7.33. The van der Waals surface area contributed by atoms with Gasteiger partial charge in [-0.15, -0.1) is 12.4 Å². The van der Waals surface area contributed by atoms with Crippen LogP contribution in [0.5, 0.6) is 0 Å². The van der Waals surface area contributed by atoms with Crippen LogP contribution in [-0.2, 0) is 9.59 Å². The highest BCUT2D eigenvalue weighted by Crippen LogP contribution is 2.21. The smallest absolute Gasteiger partial charge is 0.227 e. The molecule has 6 heteroatoms. The van der Waals surface area contributed by atoms with E-state index in [0.717, 1.165) is 45.3 Å². The van der Waals surface area contributed by atoms with Crippen LogP contribution < -0.4 is 5.32 Å². The fraction of sp³-hybridized carbons (Fsp3) is 0.857. The molecule has 2 unspecified atom stereocenters. The Morgan fingerprint density at radius 1 is 1.05 bits per heavy atom. The number of likely N-dealkylation sites (tertiary alicyclic amines) is 2. The van der Waals surface area contributed by atoms with Crippen molar-refractivity contribution >= 4 is 24.2 Å². The second-order valence-corrected chi connectivity index (χ2v) is 5.72. The lowest BCUT2D eigenvalue weighted by Gasteiger charge is -2.38. The number of rotatable bonds is 2. The molecule has 20 heavy (non-hydrogen) atoms. The van der Waals surface area contributed by atoms with E-state index in [1.807, 2.05) is 16.8 Å². The van der Waals surface area contributed by atoms with E-state index in [0.29, 0.717) is 12.6 Å². The number of likely N-dealkylation sites (N-methyl/N-ethyl adjacent to an activating group) is 1. The quantitative estimate of drug-likeness (QED) is 0.824. The van der Waals surface area contributed by atoms with Gasteiger partial charge in [0.05, 0.1) is 5.92 Å². The van der Waals surface area contributed by atoms with Crippen LogP contribution in [0.15, 0.2) is 0 Å². The second kappa shape index (κ2) is 7.84. The summed E-state index contributed by atoms with van der Waals surface area (Å²) in [7, 11) is 1.96. The molecule has 116 valence electrons. The zero-order chi connectivity index (χ0) is 13.8. The number of nitrogens with zero attached hydrogens (tertiary/aromatic N) is 2. The van der Waals surface area contributed by atoms with E-state index in [9.17, 15) is 9.59 Å². The minimum absolute atomic E-state index is 0. The minimum Gasteiger partial charge on any atom is -0.342 e. The van der Waals surface area contributed by atoms with Crippen LogP contribution in [0.4, 0.5) is 0 Å². The van der Waals surface area contributed by atoms with Gasteiger partial charge in [0.1, 0.15) is 0 Å². The Labute approximate surface area is 127 Å². The van der Waals surface area contributed by atoms with Gasteiger partial charge in [0, 0.05) is 39.1 Å². The lowest BCUT2D eigenvalue weighted by molar-refractivity contribution is -0.141. The number of carbonyl (C=O) groups is 2. The van der Waals surface area contributed by atoms with Crippen molar-refractivity contribution in [1.29, 1.82) is 0 Å². The summed E-state index contributed by atoms with van der Waals surface area (Å²) in [6, 6.07) is 0.421. The standard InChI is InChI=1S/C14H25N3O2.ClH/c1-11(18)16-7-3-5-12(9-16)14(19)17-8-4-6-13(10-17)15-2;/h12-13,15H,3-10H2,1-2H3;1H. The first kappa shape index (κ1) is 17.2. The number of hydrogen-bond acceptors (Lipinski definition) is 3. The molecule has 2 rings (SSSR count). The van der Waals surface area contributed by atoms with Gasteiger partial charge >= 0.3 is 0 Å². The van der Waals surface area contributed by atoms with Gasteiger partial charge in [0.15, 0.2) is 0 Å². The molecule has 2 heterocycles. The van der Waals surface area contributed by atoms with E-state index in [1.165, 1.54) is 0 Å². The molecule has 0 aromatic rings. The average molecular weight is 304 g/mol. The number of nitrogens with one attached hydrogen (secondary N) is 1. The molecule has 0 radical (unpaired) electrons. The van der Waals surface area contributed by atoms with E-state index in [-0.39, 0.29) is 30.1 Å². The van der Waals surface area contributed by atoms with Gasteiger partial charge in [-0.3, -0.25) is 9.59 Å². The summed E-state index contributed by atoms with van der Waals surface area (Å²) >= 11 is 0. The molecule has 2 fully saturated rings. The minimum atomic E-state index is 0. The molecule has 0 aromatic carbocycles. The molecule has 0 aliphatic carbocycles. The number of amides is 2. The Morgan fingerprint density at radius 2 is 1.70 bits per heavy atom. The van der Waals surface area contributed by atoms with Gasteiger partial charge in [-0.2, -0.15) is 0 Å². The van der Waals surface area contributed by atoms with Crippen molar-refractivity contribution in [2.45, 2.75) is 38.6 Å². The maximum Gasteiger partial charge on any atom is 0.227 e. The molecule has 5 nitrogen and oxygen atoms in total. The third-order valence-electron chi connectivity index (χ3n) is 4.36. The SMILES string of the molecule is CNC1CCCN(C(=O)C2CCCN(C(C)=O)C2)C1.Cl. The average Bonchev–Trinajstić information content (AvgIpc) is 2.46. The highest BCUT2D eigenvalue weighted by atomic mass is 35.5. The van der Waals surface area contributed by atoms with Gasteiger partial charge in [0.25, 0.3) is 0 Å². The lowest BCUT2D eigenvalue weighted by atomic mass is 9.95. The topological polar surface area (TPSA) is 52.7 Å². The van der Waals surface area contributed by atoms with Crippen LogP contribution >= 0.6 is 12.4 Å². The number of piperidine rings is 2. The molecule has 0 spiro atoms. The van der Waals surface area contributed by atoms with E-state index in [2.05, 4.69) is 5.32 Å². The van der Waals surface area contributed by atoms with Gasteiger partial charge in [-0.05, 0) is 32.7 Å². The second-order valence-electron chi connectivity index (χ2n) is 5.72. The van der Waals surface area contributed by atoms with E-state index >= 15 is 0 Å². The fourth-order valence-electron chi connectivity index (χ4n) is 3.14. The Balaban J connectivity index is 0.00000200. The summed E-state index contributed by atoms with van der Waals surface area (Å²) in [5.74, 6) is 0.336. The Bertz CT molecular complexity index is 351. The van der Waals surface area contributed by atoms with E-state index in [4.69, 9.17) is 0 Å². The third-order valence-corrected chi connectivity index (χ3v) is 4.36. The molecule has 2 atom stereocenters.